The Hall–Kier alpha value is -1.33. The summed E-state index contributed by atoms with van der Waals surface area (Å²) >= 11 is 3.23. The number of hydrogen-bond donors (Lipinski definition) is 0. The van der Waals surface area contributed by atoms with Gasteiger partial charge in [-0.15, -0.1) is 0 Å². The van der Waals surface area contributed by atoms with Gasteiger partial charge in [-0.1, -0.05) is 18.2 Å². The van der Waals surface area contributed by atoms with E-state index in [0.29, 0.717) is 4.47 Å². The molecular formula is C16H16BrFN2O4S2. The van der Waals surface area contributed by atoms with Gasteiger partial charge in [0.2, 0.25) is 20.0 Å². The van der Waals surface area contributed by atoms with Gasteiger partial charge in [-0.3, -0.25) is 0 Å². The largest absolute Gasteiger partial charge is 0.244 e. The zero-order chi connectivity index (χ0) is 18.9. The Balaban J connectivity index is 1.78. The van der Waals surface area contributed by atoms with Gasteiger partial charge in [0.25, 0.3) is 0 Å². The Kier molecular flexibility index (Phi) is 5.50. The van der Waals surface area contributed by atoms with Crippen molar-refractivity contribution in [2.24, 2.45) is 0 Å². The Bertz CT molecular complexity index is 1020. The molecule has 1 fully saturated rings. The minimum absolute atomic E-state index is 0.00251. The zero-order valence-electron chi connectivity index (χ0n) is 13.5. The molecule has 1 aliphatic rings. The molecule has 2 aromatic carbocycles. The molecule has 1 aliphatic heterocycles. The number of rotatable bonds is 4. The van der Waals surface area contributed by atoms with E-state index in [1.54, 1.807) is 18.2 Å². The lowest BCUT2D eigenvalue weighted by Gasteiger charge is -2.33. The maximum Gasteiger partial charge on any atom is 0.244 e. The molecule has 0 spiro atoms. The molecule has 0 aliphatic carbocycles. The third-order valence-corrected chi connectivity index (χ3v) is 8.89. The number of benzene rings is 2. The molecule has 0 N–H and O–H groups in total. The summed E-state index contributed by atoms with van der Waals surface area (Å²) in [4.78, 5) is 0.000971. The van der Waals surface area contributed by atoms with Gasteiger partial charge < -0.3 is 0 Å². The first kappa shape index (κ1) is 19.4. The van der Waals surface area contributed by atoms with Crippen LogP contribution in [0.4, 0.5) is 4.39 Å². The molecule has 0 aromatic heterocycles. The Morgan fingerprint density at radius 3 is 1.96 bits per heavy atom. The maximum absolute atomic E-state index is 13.3. The first-order chi connectivity index (χ1) is 12.2. The number of sulfonamides is 2. The summed E-state index contributed by atoms with van der Waals surface area (Å²) in [6.07, 6.45) is 0. The van der Waals surface area contributed by atoms with Gasteiger partial charge in [0.15, 0.2) is 0 Å². The molecule has 0 unspecified atom stereocenters. The lowest BCUT2D eigenvalue weighted by atomic mass is 10.4. The van der Waals surface area contributed by atoms with E-state index in [1.807, 2.05) is 0 Å². The number of hydrogen-bond acceptors (Lipinski definition) is 4. The third kappa shape index (κ3) is 3.70. The highest BCUT2D eigenvalue weighted by Gasteiger charge is 2.34. The molecule has 0 saturated carbocycles. The average molecular weight is 463 g/mol. The van der Waals surface area contributed by atoms with Gasteiger partial charge in [0.05, 0.1) is 9.79 Å². The van der Waals surface area contributed by atoms with E-state index >= 15 is 0 Å². The second-order valence-electron chi connectivity index (χ2n) is 5.70. The van der Waals surface area contributed by atoms with Gasteiger partial charge in [-0.2, -0.15) is 8.61 Å². The molecule has 3 rings (SSSR count). The molecule has 26 heavy (non-hydrogen) atoms. The normalized spacial score (nSPS) is 17.3. The van der Waals surface area contributed by atoms with E-state index in [-0.39, 0.29) is 36.0 Å². The fraction of sp³-hybridized carbons (Fsp3) is 0.250. The van der Waals surface area contributed by atoms with Crippen molar-refractivity contribution in [1.29, 1.82) is 0 Å². The van der Waals surface area contributed by atoms with Crippen molar-refractivity contribution in [3.05, 3.63) is 58.8 Å². The van der Waals surface area contributed by atoms with Crippen molar-refractivity contribution in [3.8, 4) is 0 Å². The highest BCUT2D eigenvalue weighted by atomic mass is 79.9. The Morgan fingerprint density at radius 2 is 1.38 bits per heavy atom. The van der Waals surface area contributed by atoms with E-state index < -0.39 is 25.9 Å². The van der Waals surface area contributed by atoms with Crippen LogP contribution in [-0.4, -0.2) is 51.6 Å². The summed E-state index contributed by atoms with van der Waals surface area (Å²) in [6.45, 7) is 0.0570. The van der Waals surface area contributed by atoms with Crippen LogP contribution >= 0.6 is 15.9 Å². The highest BCUT2D eigenvalue weighted by Crippen LogP contribution is 2.26. The van der Waals surface area contributed by atoms with Crippen LogP contribution in [0.2, 0.25) is 0 Å². The van der Waals surface area contributed by atoms with Crippen LogP contribution in [0.25, 0.3) is 0 Å². The zero-order valence-corrected chi connectivity index (χ0v) is 16.8. The molecule has 0 atom stereocenters. The molecule has 140 valence electrons. The summed E-state index contributed by atoms with van der Waals surface area (Å²) in [5, 5.41) is 0. The summed E-state index contributed by atoms with van der Waals surface area (Å²) < 4.78 is 66.9. The predicted molar refractivity (Wildman–Crippen MR) is 98.1 cm³/mol. The maximum atomic E-state index is 13.3. The number of piperazine rings is 1. The summed E-state index contributed by atoms with van der Waals surface area (Å²) in [5.41, 5.74) is 0. The number of nitrogens with zero attached hydrogens (tertiary/aromatic N) is 2. The Morgan fingerprint density at radius 1 is 0.808 bits per heavy atom. The smallest absolute Gasteiger partial charge is 0.207 e. The number of halogens is 2. The van der Waals surface area contributed by atoms with E-state index in [9.17, 15) is 21.2 Å². The first-order valence-corrected chi connectivity index (χ1v) is 11.4. The van der Waals surface area contributed by atoms with Gasteiger partial charge >= 0.3 is 0 Å². The van der Waals surface area contributed by atoms with Crippen LogP contribution in [0.3, 0.4) is 0 Å². The molecule has 0 bridgehead atoms. The standard InChI is InChI=1S/C16H16BrFN2O4S2/c17-15-6-1-2-7-16(15)26(23,24)20-10-8-19(9-11-20)25(21,22)14-5-3-4-13(18)12-14/h1-7,12H,8-11H2. The van der Waals surface area contributed by atoms with Crippen LogP contribution in [-0.2, 0) is 20.0 Å². The second kappa shape index (κ2) is 7.35. The SMILES string of the molecule is O=S(=O)(c1cccc(F)c1)N1CCN(S(=O)(=O)c2ccccc2Br)CC1. The highest BCUT2D eigenvalue weighted by molar-refractivity contribution is 9.10. The fourth-order valence-corrected chi connectivity index (χ4v) is 6.56. The van der Waals surface area contributed by atoms with Crippen molar-refractivity contribution in [1.82, 2.24) is 8.61 Å². The van der Waals surface area contributed by atoms with Gasteiger partial charge in [-0.25, -0.2) is 21.2 Å². The molecule has 6 nitrogen and oxygen atoms in total. The molecule has 0 radical (unpaired) electrons. The lowest BCUT2D eigenvalue weighted by molar-refractivity contribution is 0.272. The lowest BCUT2D eigenvalue weighted by Crippen LogP contribution is -2.50. The summed E-state index contributed by atoms with van der Waals surface area (Å²) in [7, 11) is -7.59. The van der Waals surface area contributed by atoms with E-state index in [2.05, 4.69) is 15.9 Å². The fourth-order valence-electron chi connectivity index (χ4n) is 2.72. The van der Waals surface area contributed by atoms with Crippen molar-refractivity contribution in [2.45, 2.75) is 9.79 Å². The van der Waals surface area contributed by atoms with Gasteiger partial charge in [0, 0.05) is 30.7 Å². The monoisotopic (exact) mass is 462 g/mol. The minimum atomic E-state index is -3.86. The van der Waals surface area contributed by atoms with Gasteiger partial charge in [0.1, 0.15) is 5.82 Å². The predicted octanol–water partition coefficient (Wildman–Crippen LogP) is 2.28. The van der Waals surface area contributed by atoms with E-state index in [4.69, 9.17) is 0 Å². The Labute approximate surface area is 160 Å². The second-order valence-corrected chi connectivity index (χ2v) is 10.4. The quantitative estimate of drug-likeness (QED) is 0.698. The van der Waals surface area contributed by atoms with Gasteiger partial charge in [-0.05, 0) is 46.3 Å². The minimum Gasteiger partial charge on any atom is -0.207 e. The van der Waals surface area contributed by atoms with Crippen molar-refractivity contribution >= 4 is 36.0 Å². The summed E-state index contributed by atoms with van der Waals surface area (Å²) in [6, 6.07) is 11.3. The molecule has 0 amide bonds. The van der Waals surface area contributed by atoms with Crippen LogP contribution in [0.15, 0.2) is 62.8 Å². The third-order valence-electron chi connectivity index (χ3n) is 4.09. The van der Waals surface area contributed by atoms with E-state index in [1.165, 1.54) is 32.9 Å². The van der Waals surface area contributed by atoms with Crippen LogP contribution < -0.4 is 0 Å². The summed E-state index contributed by atoms with van der Waals surface area (Å²) in [5.74, 6) is -0.638. The van der Waals surface area contributed by atoms with E-state index in [0.717, 1.165) is 6.07 Å². The topological polar surface area (TPSA) is 74.8 Å². The van der Waals surface area contributed by atoms with Crippen LogP contribution in [0, 0.1) is 5.82 Å². The van der Waals surface area contributed by atoms with Crippen molar-refractivity contribution in [3.63, 3.8) is 0 Å². The van der Waals surface area contributed by atoms with Crippen molar-refractivity contribution < 1.29 is 21.2 Å². The van der Waals surface area contributed by atoms with Crippen molar-refractivity contribution in [2.75, 3.05) is 26.2 Å². The molecular weight excluding hydrogens is 447 g/mol. The van der Waals surface area contributed by atoms with Crippen LogP contribution in [0.1, 0.15) is 0 Å². The molecule has 10 heteroatoms. The molecule has 1 heterocycles. The molecule has 2 aromatic rings. The molecule has 1 saturated heterocycles. The average Bonchev–Trinajstić information content (AvgIpc) is 2.62. The van der Waals surface area contributed by atoms with Crippen LogP contribution in [0.5, 0.6) is 0 Å². The first-order valence-electron chi connectivity index (χ1n) is 7.73.